The van der Waals surface area contributed by atoms with Crippen LogP contribution in [0.1, 0.15) is 38.4 Å². The molecule has 1 heterocycles. The van der Waals surface area contributed by atoms with Crippen LogP contribution in [0.2, 0.25) is 0 Å². The highest BCUT2D eigenvalue weighted by Gasteiger charge is 2.09. The molecule has 0 saturated heterocycles. The van der Waals surface area contributed by atoms with Crippen molar-refractivity contribution >= 4 is 0 Å². The molecule has 0 saturated carbocycles. The van der Waals surface area contributed by atoms with Gasteiger partial charge in [-0.05, 0) is 20.3 Å². The van der Waals surface area contributed by atoms with E-state index in [0.717, 1.165) is 12.8 Å². The highest BCUT2D eigenvalue weighted by molar-refractivity contribution is 4.97. The first-order valence-electron chi connectivity index (χ1n) is 4.88. The summed E-state index contributed by atoms with van der Waals surface area (Å²) in [7, 11) is 0. The Morgan fingerprint density at radius 2 is 2.14 bits per heavy atom. The van der Waals surface area contributed by atoms with Crippen LogP contribution < -0.4 is 11.2 Å². The molecule has 0 bridgehead atoms. The van der Waals surface area contributed by atoms with Gasteiger partial charge in [-0.3, -0.25) is 9.36 Å². The molecule has 0 radical (unpaired) electrons. The Balaban J connectivity index is 3.21. The zero-order valence-corrected chi connectivity index (χ0v) is 8.83. The van der Waals surface area contributed by atoms with E-state index in [2.05, 4.69) is 4.98 Å². The standard InChI is InChI=1S/C10H16N2O2/c1-4-5-8(3)12-9(13)6-7(2)11-10(12)14/h6,8H,4-5H2,1-3H3,(H,11,14). The highest BCUT2D eigenvalue weighted by Crippen LogP contribution is 2.06. The van der Waals surface area contributed by atoms with E-state index in [4.69, 9.17) is 0 Å². The Bertz CT molecular complexity index is 386. The van der Waals surface area contributed by atoms with Crippen molar-refractivity contribution in [1.82, 2.24) is 9.55 Å². The van der Waals surface area contributed by atoms with Gasteiger partial charge in [0.25, 0.3) is 5.56 Å². The molecule has 0 aromatic carbocycles. The largest absolute Gasteiger partial charge is 0.328 e. The molecule has 78 valence electrons. The molecule has 1 aromatic heterocycles. The van der Waals surface area contributed by atoms with Crippen molar-refractivity contribution in [1.29, 1.82) is 0 Å². The molecule has 1 rings (SSSR count). The molecule has 4 nitrogen and oxygen atoms in total. The fraction of sp³-hybridized carbons (Fsp3) is 0.600. The van der Waals surface area contributed by atoms with Gasteiger partial charge in [-0.1, -0.05) is 13.3 Å². The van der Waals surface area contributed by atoms with Crippen LogP contribution in [-0.4, -0.2) is 9.55 Å². The lowest BCUT2D eigenvalue weighted by atomic mass is 10.2. The SMILES string of the molecule is CCCC(C)n1c(=O)cc(C)[nH]c1=O. The first kappa shape index (κ1) is 10.8. The van der Waals surface area contributed by atoms with Crippen molar-refractivity contribution in [2.24, 2.45) is 0 Å². The van der Waals surface area contributed by atoms with Gasteiger partial charge in [0, 0.05) is 17.8 Å². The third-order valence-electron chi connectivity index (χ3n) is 2.25. The normalized spacial score (nSPS) is 12.8. The zero-order chi connectivity index (χ0) is 10.7. The van der Waals surface area contributed by atoms with Crippen LogP contribution in [0.4, 0.5) is 0 Å². The molecule has 0 amide bonds. The number of H-pyrrole nitrogens is 1. The fourth-order valence-electron chi connectivity index (χ4n) is 1.58. The van der Waals surface area contributed by atoms with Crippen molar-refractivity contribution < 1.29 is 0 Å². The lowest BCUT2D eigenvalue weighted by Gasteiger charge is -2.12. The van der Waals surface area contributed by atoms with Crippen molar-refractivity contribution in [2.45, 2.75) is 39.7 Å². The lowest BCUT2D eigenvalue weighted by molar-refractivity contribution is 0.464. The van der Waals surface area contributed by atoms with Gasteiger partial charge in [-0.25, -0.2) is 4.79 Å². The monoisotopic (exact) mass is 196 g/mol. The summed E-state index contributed by atoms with van der Waals surface area (Å²) in [6.07, 6.45) is 1.80. The van der Waals surface area contributed by atoms with E-state index in [9.17, 15) is 9.59 Å². The van der Waals surface area contributed by atoms with Crippen LogP contribution >= 0.6 is 0 Å². The predicted octanol–water partition coefficient (Wildman–Crippen LogP) is 1.21. The molecule has 0 aliphatic heterocycles. The molecule has 1 aromatic rings. The Kier molecular flexibility index (Phi) is 3.28. The summed E-state index contributed by atoms with van der Waals surface area (Å²) in [5, 5.41) is 0. The van der Waals surface area contributed by atoms with Crippen LogP contribution in [0.15, 0.2) is 15.7 Å². The third kappa shape index (κ3) is 2.13. The van der Waals surface area contributed by atoms with Crippen LogP contribution in [0.5, 0.6) is 0 Å². The molecule has 1 unspecified atom stereocenters. The number of aromatic amines is 1. The van der Waals surface area contributed by atoms with Gasteiger partial charge in [0.2, 0.25) is 0 Å². The lowest BCUT2D eigenvalue weighted by Crippen LogP contribution is -2.37. The number of hydrogen-bond donors (Lipinski definition) is 1. The summed E-state index contributed by atoms with van der Waals surface area (Å²) >= 11 is 0. The molecule has 1 N–H and O–H groups in total. The second-order valence-electron chi connectivity index (χ2n) is 3.60. The first-order chi connectivity index (χ1) is 6.56. The molecule has 0 fully saturated rings. The summed E-state index contributed by atoms with van der Waals surface area (Å²) in [5.41, 5.74) is 0.0862. The minimum atomic E-state index is -0.309. The van der Waals surface area contributed by atoms with Crippen molar-refractivity contribution in [2.75, 3.05) is 0 Å². The molecule has 0 aliphatic rings. The summed E-state index contributed by atoms with van der Waals surface area (Å²) < 4.78 is 1.27. The zero-order valence-electron chi connectivity index (χ0n) is 8.83. The van der Waals surface area contributed by atoms with E-state index in [0.29, 0.717) is 5.69 Å². The fourth-order valence-corrected chi connectivity index (χ4v) is 1.58. The van der Waals surface area contributed by atoms with Crippen LogP contribution in [0.25, 0.3) is 0 Å². The third-order valence-corrected chi connectivity index (χ3v) is 2.25. The maximum Gasteiger partial charge on any atom is 0.328 e. The van der Waals surface area contributed by atoms with Crippen LogP contribution in [0, 0.1) is 6.92 Å². The van der Waals surface area contributed by atoms with Crippen molar-refractivity contribution in [3.63, 3.8) is 0 Å². The Morgan fingerprint density at radius 3 is 2.64 bits per heavy atom. The molecular weight excluding hydrogens is 180 g/mol. The Labute approximate surface area is 82.6 Å². The number of hydrogen-bond acceptors (Lipinski definition) is 2. The second kappa shape index (κ2) is 4.26. The Hall–Kier alpha value is -1.32. The van der Waals surface area contributed by atoms with Gasteiger partial charge in [0.1, 0.15) is 0 Å². The summed E-state index contributed by atoms with van der Waals surface area (Å²) in [4.78, 5) is 25.6. The average Bonchev–Trinajstić information content (AvgIpc) is 2.01. The van der Waals surface area contributed by atoms with Gasteiger partial charge >= 0.3 is 5.69 Å². The van der Waals surface area contributed by atoms with Gasteiger partial charge in [-0.2, -0.15) is 0 Å². The summed E-state index contributed by atoms with van der Waals surface area (Å²) in [6, 6.07) is 1.42. The molecule has 0 spiro atoms. The maximum atomic E-state index is 11.5. The Morgan fingerprint density at radius 1 is 1.50 bits per heavy atom. The number of nitrogens with zero attached hydrogens (tertiary/aromatic N) is 1. The van der Waals surface area contributed by atoms with E-state index in [1.54, 1.807) is 6.92 Å². The topological polar surface area (TPSA) is 54.9 Å². The second-order valence-corrected chi connectivity index (χ2v) is 3.60. The van der Waals surface area contributed by atoms with E-state index in [1.807, 2.05) is 13.8 Å². The van der Waals surface area contributed by atoms with Gasteiger partial charge in [0.15, 0.2) is 0 Å². The molecule has 14 heavy (non-hydrogen) atoms. The summed E-state index contributed by atoms with van der Waals surface area (Å²) in [6.45, 7) is 5.62. The minimum Gasteiger partial charge on any atom is -0.311 e. The van der Waals surface area contributed by atoms with Crippen LogP contribution in [0.3, 0.4) is 0 Å². The quantitative estimate of drug-likeness (QED) is 0.789. The van der Waals surface area contributed by atoms with Crippen LogP contribution in [-0.2, 0) is 0 Å². The summed E-state index contributed by atoms with van der Waals surface area (Å²) in [5.74, 6) is 0. The highest BCUT2D eigenvalue weighted by atomic mass is 16.2. The van der Waals surface area contributed by atoms with Gasteiger partial charge in [0.05, 0.1) is 0 Å². The number of rotatable bonds is 3. The maximum absolute atomic E-state index is 11.5. The van der Waals surface area contributed by atoms with Crippen molar-refractivity contribution in [3.8, 4) is 0 Å². The van der Waals surface area contributed by atoms with E-state index in [1.165, 1.54) is 10.6 Å². The molecule has 1 atom stereocenters. The van der Waals surface area contributed by atoms with Crippen molar-refractivity contribution in [3.05, 3.63) is 32.6 Å². The van der Waals surface area contributed by atoms with Gasteiger partial charge in [-0.15, -0.1) is 0 Å². The first-order valence-corrected chi connectivity index (χ1v) is 4.88. The molecule has 4 heteroatoms. The predicted molar refractivity (Wildman–Crippen MR) is 55.7 cm³/mol. The van der Waals surface area contributed by atoms with E-state index in [-0.39, 0.29) is 17.3 Å². The van der Waals surface area contributed by atoms with E-state index < -0.39 is 0 Å². The average molecular weight is 196 g/mol. The molecule has 0 aliphatic carbocycles. The number of nitrogens with one attached hydrogen (secondary N) is 1. The molecular formula is C10H16N2O2. The number of aromatic nitrogens is 2. The minimum absolute atomic E-state index is 0.0307. The number of aryl methyl sites for hydroxylation is 1. The smallest absolute Gasteiger partial charge is 0.311 e. The van der Waals surface area contributed by atoms with Gasteiger partial charge < -0.3 is 4.98 Å². The van der Waals surface area contributed by atoms with E-state index >= 15 is 0 Å².